The number of anilines is 1. The van der Waals surface area contributed by atoms with Gasteiger partial charge in [-0.1, -0.05) is 151 Å². The molecule has 3 rings (SSSR count). The number of nitrogen functional groups attached to an aromatic ring is 1. The number of carboxylic acids is 1. The van der Waals surface area contributed by atoms with Crippen molar-refractivity contribution in [3.05, 3.63) is 102 Å². The fourth-order valence-corrected chi connectivity index (χ4v) is 7.99. The van der Waals surface area contributed by atoms with E-state index in [1.54, 1.807) is 48.5 Å². The second-order valence-corrected chi connectivity index (χ2v) is 18.5. The predicted molar refractivity (Wildman–Crippen MR) is 267 cm³/mol. The molecule has 69 heavy (non-hydrogen) atoms. The Labute approximate surface area is 407 Å². The number of primary amides is 1. The Morgan fingerprint density at radius 1 is 0.478 bits per heavy atom. The third kappa shape index (κ3) is 23.5. The minimum Gasteiger partial charge on any atom is -0.480 e. The molecule has 0 bridgehead atoms. The summed E-state index contributed by atoms with van der Waals surface area (Å²) in [6, 6.07) is 19.7. The number of unbranched alkanes of at least 4 members (excludes halogenated alkanes) is 11. The molecule has 0 radical (unpaired) electrons. The number of aliphatic carboxylic acids is 1. The van der Waals surface area contributed by atoms with Gasteiger partial charge in [-0.15, -0.1) is 0 Å². The first kappa shape index (κ1) is 57.0. The monoisotopic (exact) mass is 956 g/mol. The van der Waals surface area contributed by atoms with Gasteiger partial charge in [0.15, 0.2) is 0 Å². The third-order valence-corrected chi connectivity index (χ3v) is 11.9. The van der Waals surface area contributed by atoms with Gasteiger partial charge in [-0.05, 0) is 60.9 Å². The van der Waals surface area contributed by atoms with E-state index in [1.807, 2.05) is 50.2 Å². The van der Waals surface area contributed by atoms with Crippen molar-refractivity contribution in [1.82, 2.24) is 26.6 Å². The summed E-state index contributed by atoms with van der Waals surface area (Å²) in [5.74, 6) is -4.35. The molecule has 6 atom stereocenters. The maximum Gasteiger partial charge on any atom is 0.326 e. The minimum atomic E-state index is -1.27. The van der Waals surface area contributed by atoms with Crippen molar-refractivity contribution in [2.24, 2.45) is 11.7 Å². The number of carbonyl (C=O) groups excluding carboxylic acids is 6. The van der Waals surface area contributed by atoms with Crippen LogP contribution in [0.15, 0.2) is 84.9 Å². The van der Waals surface area contributed by atoms with Crippen LogP contribution in [0.3, 0.4) is 0 Å². The van der Waals surface area contributed by atoms with Gasteiger partial charge in [0.2, 0.25) is 35.4 Å². The third-order valence-electron chi connectivity index (χ3n) is 11.9. The van der Waals surface area contributed by atoms with Gasteiger partial charge in [0.25, 0.3) is 0 Å². The van der Waals surface area contributed by atoms with E-state index in [4.69, 9.17) is 11.5 Å². The van der Waals surface area contributed by atoms with Crippen LogP contribution >= 0.6 is 0 Å². The number of benzene rings is 3. The molecule has 0 aliphatic carbocycles. The van der Waals surface area contributed by atoms with E-state index in [9.17, 15) is 43.8 Å². The first-order chi connectivity index (χ1) is 33.0. The Balaban J connectivity index is 1.29. The molecule has 6 amide bonds. The molecule has 3 aromatic rings. The molecule has 0 saturated heterocycles. The average Bonchev–Trinajstić information content (AvgIpc) is 3.30. The number of carbonyl (C=O) groups is 7. The summed E-state index contributed by atoms with van der Waals surface area (Å²) in [7, 11) is 0. The summed E-state index contributed by atoms with van der Waals surface area (Å²) in [6.07, 6.45) is 11.4. The summed E-state index contributed by atoms with van der Waals surface area (Å²) >= 11 is 0. The highest BCUT2D eigenvalue weighted by atomic mass is 16.4. The normalized spacial score (nSPS) is 13.8. The number of rotatable bonds is 34. The Morgan fingerprint density at radius 3 is 1.32 bits per heavy atom. The SMILES string of the molecule is CC(C)C[C@H](NC(=O)[C@@H](NC(=O)CCCCCCCCCCCCCCC(=O)N[C@@H](Cc1ccc(N)cc1)C(=O)N[C@@H](Cc1ccccc1)C(=O)O)C(C)O)C(=O)N[C@@H](Cc1ccccc1)C(N)=O. The lowest BCUT2D eigenvalue weighted by molar-refractivity contribution is -0.142. The van der Waals surface area contributed by atoms with Crippen LogP contribution in [0.5, 0.6) is 0 Å². The average molecular weight is 956 g/mol. The number of carboxylic acid groups (broad SMARTS) is 1. The van der Waals surface area contributed by atoms with Crippen LogP contribution in [-0.4, -0.2) is 87.9 Å². The van der Waals surface area contributed by atoms with Gasteiger partial charge in [-0.2, -0.15) is 0 Å². The number of hydrogen-bond acceptors (Lipinski definition) is 9. The lowest BCUT2D eigenvalue weighted by Crippen LogP contribution is -2.59. The van der Waals surface area contributed by atoms with Crippen molar-refractivity contribution in [2.75, 3.05) is 5.73 Å². The molecule has 16 nitrogen and oxygen atoms in total. The van der Waals surface area contributed by atoms with Crippen LogP contribution < -0.4 is 38.1 Å². The van der Waals surface area contributed by atoms with Gasteiger partial charge in [-0.3, -0.25) is 28.8 Å². The lowest BCUT2D eigenvalue weighted by Gasteiger charge is -2.26. The molecule has 1 unspecified atom stereocenters. The van der Waals surface area contributed by atoms with E-state index < -0.39 is 65.9 Å². The fraction of sp³-hybridized carbons (Fsp3) is 0.528. The Morgan fingerprint density at radius 2 is 0.870 bits per heavy atom. The Bertz CT molecular complexity index is 2030. The maximum absolute atomic E-state index is 13.4. The van der Waals surface area contributed by atoms with Crippen LogP contribution in [0, 0.1) is 5.92 Å². The molecule has 0 aromatic heterocycles. The summed E-state index contributed by atoms with van der Waals surface area (Å²) < 4.78 is 0. The zero-order chi connectivity index (χ0) is 50.6. The van der Waals surface area contributed by atoms with Gasteiger partial charge in [-0.25, -0.2) is 4.79 Å². The Hall–Kier alpha value is -6.29. The number of aliphatic hydroxyl groups excluding tert-OH is 1. The van der Waals surface area contributed by atoms with Gasteiger partial charge in [0.05, 0.1) is 6.10 Å². The molecular weight excluding hydrogens is 879 g/mol. The summed E-state index contributed by atoms with van der Waals surface area (Å²) in [5, 5.41) is 33.7. The number of amides is 6. The van der Waals surface area contributed by atoms with Crippen LogP contribution in [0.1, 0.15) is 134 Å². The second kappa shape index (κ2) is 31.7. The van der Waals surface area contributed by atoms with Crippen molar-refractivity contribution in [3.8, 4) is 0 Å². The van der Waals surface area contributed by atoms with Crippen molar-refractivity contribution in [2.45, 2.75) is 173 Å². The quantitative estimate of drug-likeness (QED) is 0.0280. The van der Waals surface area contributed by atoms with Crippen molar-refractivity contribution < 1.29 is 43.8 Å². The topological polar surface area (TPSA) is 272 Å². The van der Waals surface area contributed by atoms with E-state index >= 15 is 0 Å². The van der Waals surface area contributed by atoms with Crippen molar-refractivity contribution >= 4 is 47.1 Å². The summed E-state index contributed by atoms with van der Waals surface area (Å²) in [5.41, 5.74) is 14.4. The zero-order valence-electron chi connectivity index (χ0n) is 40.8. The highest BCUT2D eigenvalue weighted by molar-refractivity contribution is 5.94. The minimum absolute atomic E-state index is 0.000148. The molecule has 0 heterocycles. The molecule has 0 aliphatic rings. The number of hydrogen-bond donors (Lipinski definition) is 9. The van der Waals surface area contributed by atoms with E-state index in [0.29, 0.717) is 18.5 Å². The number of aliphatic hydroxyl groups is 1. The molecular formula is C53H77N7O9. The van der Waals surface area contributed by atoms with E-state index in [0.717, 1.165) is 80.9 Å². The van der Waals surface area contributed by atoms with Crippen molar-refractivity contribution in [3.63, 3.8) is 0 Å². The molecule has 3 aromatic carbocycles. The first-order valence-corrected chi connectivity index (χ1v) is 24.6. The lowest BCUT2D eigenvalue weighted by atomic mass is 10.0. The highest BCUT2D eigenvalue weighted by Gasteiger charge is 2.32. The van der Waals surface area contributed by atoms with Crippen molar-refractivity contribution in [1.29, 1.82) is 0 Å². The zero-order valence-corrected chi connectivity index (χ0v) is 40.8. The second-order valence-electron chi connectivity index (χ2n) is 18.5. The molecule has 0 fully saturated rings. The summed E-state index contributed by atoms with van der Waals surface area (Å²) in [6.45, 7) is 5.17. The predicted octanol–water partition coefficient (Wildman–Crippen LogP) is 5.18. The fourth-order valence-electron chi connectivity index (χ4n) is 7.99. The van der Waals surface area contributed by atoms with E-state index in [2.05, 4.69) is 26.6 Å². The first-order valence-electron chi connectivity index (χ1n) is 24.6. The van der Waals surface area contributed by atoms with E-state index in [1.165, 1.54) is 6.92 Å². The smallest absolute Gasteiger partial charge is 0.326 e. The largest absolute Gasteiger partial charge is 0.480 e. The van der Waals surface area contributed by atoms with Crippen LogP contribution in [-0.2, 0) is 52.8 Å². The standard InChI is InChI=1S/C53H77N7O9/c1-36(2)32-43(50(65)57-42(49(55)64)33-38-22-16-14-17-23-38)58-52(67)48(37(3)61)60-47(63)27-21-13-11-9-7-5-4-6-8-10-12-20-26-46(62)56-44(34-40-28-30-41(54)31-29-40)51(66)59-45(53(68)69)35-39-24-18-15-19-25-39/h14-19,22-25,28-31,36-37,42-45,48,61H,4-13,20-21,26-27,32-35,54H2,1-3H3,(H2,55,64)(H,56,62)(H,57,65)(H,58,67)(H,59,66)(H,60,63)(H,68,69)/t37?,42-,43-,44-,45-,48-/m0/s1. The van der Waals surface area contributed by atoms with Gasteiger partial charge >= 0.3 is 5.97 Å². The molecule has 16 heteroatoms. The summed E-state index contributed by atoms with van der Waals surface area (Å²) in [4.78, 5) is 90.2. The molecule has 0 saturated carbocycles. The number of nitrogens with one attached hydrogen (secondary N) is 5. The van der Waals surface area contributed by atoms with Crippen LogP contribution in [0.4, 0.5) is 5.69 Å². The molecule has 378 valence electrons. The molecule has 0 spiro atoms. The highest BCUT2D eigenvalue weighted by Crippen LogP contribution is 2.15. The van der Waals surface area contributed by atoms with Gasteiger partial charge in [0.1, 0.15) is 30.2 Å². The van der Waals surface area contributed by atoms with Gasteiger partial charge in [0, 0.05) is 37.8 Å². The number of nitrogens with two attached hydrogens (primary N) is 2. The molecule has 0 aliphatic heterocycles. The molecule has 11 N–H and O–H groups in total. The van der Waals surface area contributed by atoms with E-state index in [-0.39, 0.29) is 56.3 Å². The van der Waals surface area contributed by atoms with Crippen LogP contribution in [0.25, 0.3) is 0 Å². The Kier molecular flexibility index (Phi) is 26.2. The van der Waals surface area contributed by atoms with Crippen LogP contribution in [0.2, 0.25) is 0 Å². The maximum atomic E-state index is 13.4. The van der Waals surface area contributed by atoms with Gasteiger partial charge < -0.3 is 48.3 Å².